The molecule has 0 aliphatic carbocycles. The van der Waals surface area contributed by atoms with Gasteiger partial charge in [-0.25, -0.2) is 9.22 Å². The summed E-state index contributed by atoms with van der Waals surface area (Å²) in [7, 11) is 0. The van der Waals surface area contributed by atoms with E-state index >= 15 is 0 Å². The average molecular weight is 199 g/mol. The topological polar surface area (TPSA) is 57.8 Å². The van der Waals surface area contributed by atoms with Gasteiger partial charge in [-0.15, -0.1) is 0 Å². The Labute approximate surface area is 82.9 Å². The Balaban J connectivity index is 3.01. The standard InChI is InChI=1S/C10H14O4/c1-5-13-9(12)7-8(11)10(3,4)6(2)14-7/h5H2,1-4H3/p+1. The molecule has 0 aromatic carbocycles. The van der Waals surface area contributed by atoms with Gasteiger partial charge in [0.05, 0.1) is 6.61 Å². The molecule has 1 aliphatic rings. The van der Waals surface area contributed by atoms with Crippen molar-refractivity contribution < 1.29 is 19.1 Å². The first-order chi connectivity index (χ1) is 6.41. The Morgan fingerprint density at radius 3 is 2.50 bits per heavy atom. The molecule has 0 unspecified atom stereocenters. The predicted molar refractivity (Wildman–Crippen MR) is 50.7 cm³/mol. The number of allylic oxidation sites excluding steroid dienone is 1. The van der Waals surface area contributed by atoms with E-state index in [1.807, 2.05) is 0 Å². The van der Waals surface area contributed by atoms with Gasteiger partial charge in [0, 0.05) is 6.92 Å². The van der Waals surface area contributed by atoms with Crippen molar-refractivity contribution in [3.8, 4) is 0 Å². The molecule has 0 amide bonds. The minimum atomic E-state index is -0.616. The number of hydrogen-bond donors (Lipinski definition) is 1. The van der Waals surface area contributed by atoms with Gasteiger partial charge in [-0.1, -0.05) is 0 Å². The lowest BCUT2D eigenvalue weighted by atomic mass is 9.87. The number of aliphatic hydroxyl groups is 1. The third kappa shape index (κ3) is 1.52. The van der Waals surface area contributed by atoms with Gasteiger partial charge in [0.1, 0.15) is 5.41 Å². The van der Waals surface area contributed by atoms with E-state index in [4.69, 9.17) is 9.16 Å². The molecule has 14 heavy (non-hydrogen) atoms. The van der Waals surface area contributed by atoms with Crippen molar-refractivity contribution in [2.24, 2.45) is 5.41 Å². The van der Waals surface area contributed by atoms with Crippen LogP contribution in [0.3, 0.4) is 0 Å². The normalized spacial score (nSPS) is 19.6. The molecule has 4 nitrogen and oxygen atoms in total. The van der Waals surface area contributed by atoms with Crippen molar-refractivity contribution in [2.45, 2.75) is 27.7 Å². The molecule has 0 saturated carbocycles. The Morgan fingerprint density at radius 2 is 2.14 bits per heavy atom. The molecule has 0 bridgehead atoms. The van der Waals surface area contributed by atoms with Crippen molar-refractivity contribution in [1.82, 2.24) is 0 Å². The number of ether oxygens (including phenoxy) is 1. The van der Waals surface area contributed by atoms with Crippen LogP contribution in [0.15, 0.2) is 11.5 Å². The molecule has 1 aliphatic heterocycles. The molecule has 0 spiro atoms. The van der Waals surface area contributed by atoms with Crippen LogP contribution in [0.1, 0.15) is 27.7 Å². The molecule has 0 saturated heterocycles. The first-order valence-corrected chi connectivity index (χ1v) is 4.54. The maximum atomic E-state index is 11.3. The van der Waals surface area contributed by atoms with E-state index in [9.17, 15) is 9.90 Å². The van der Waals surface area contributed by atoms with Gasteiger partial charge in [-0.05, 0) is 20.8 Å². The highest BCUT2D eigenvalue weighted by molar-refractivity contribution is 5.94. The maximum absolute atomic E-state index is 11.3. The second kappa shape index (κ2) is 3.44. The van der Waals surface area contributed by atoms with E-state index in [1.165, 1.54) is 0 Å². The number of ketones is 1. The Bertz CT molecular complexity index is 323. The lowest BCUT2D eigenvalue weighted by Gasteiger charge is -2.08. The fraction of sp³-hybridized carbons (Fsp3) is 0.600. The summed E-state index contributed by atoms with van der Waals surface area (Å²) in [5.74, 6) is -0.171. The fourth-order valence-corrected chi connectivity index (χ4v) is 1.11. The van der Waals surface area contributed by atoms with Gasteiger partial charge in [-0.2, -0.15) is 0 Å². The number of aliphatic hydroxyl groups excluding tert-OH is 1. The minimum Gasteiger partial charge on any atom is -0.503 e. The number of esters is 1. The zero-order valence-electron chi connectivity index (χ0n) is 8.88. The molecular weight excluding hydrogens is 184 g/mol. The fourth-order valence-electron chi connectivity index (χ4n) is 1.11. The van der Waals surface area contributed by atoms with Crippen LogP contribution < -0.4 is 0 Å². The van der Waals surface area contributed by atoms with Gasteiger partial charge in [0.2, 0.25) is 5.76 Å². The molecule has 0 radical (unpaired) electrons. The summed E-state index contributed by atoms with van der Waals surface area (Å²) in [6.07, 6.45) is 0. The maximum Gasteiger partial charge on any atom is 0.474 e. The van der Waals surface area contributed by atoms with Crippen molar-refractivity contribution in [2.75, 3.05) is 6.61 Å². The average Bonchev–Trinajstić information content (AvgIpc) is 2.30. The largest absolute Gasteiger partial charge is 0.503 e. The van der Waals surface area contributed by atoms with Crippen molar-refractivity contribution >= 4 is 11.8 Å². The Hall–Kier alpha value is -1.32. The number of carbonyl (C=O) groups is 1. The van der Waals surface area contributed by atoms with E-state index in [0.717, 1.165) is 0 Å². The lowest BCUT2D eigenvalue weighted by molar-refractivity contribution is -0.393. The van der Waals surface area contributed by atoms with Crippen LogP contribution in [-0.4, -0.2) is 23.5 Å². The molecule has 1 heterocycles. The monoisotopic (exact) mass is 199 g/mol. The Kier molecular flexibility index (Phi) is 2.64. The molecule has 0 fully saturated rings. The van der Waals surface area contributed by atoms with Crippen LogP contribution in [0, 0.1) is 5.41 Å². The van der Waals surface area contributed by atoms with Gasteiger partial charge in [0.25, 0.3) is 0 Å². The van der Waals surface area contributed by atoms with Gasteiger partial charge in [-0.3, -0.25) is 0 Å². The van der Waals surface area contributed by atoms with E-state index in [0.29, 0.717) is 5.78 Å². The number of hydrogen-bond acceptors (Lipinski definition) is 3. The smallest absolute Gasteiger partial charge is 0.474 e. The first kappa shape index (κ1) is 10.8. The van der Waals surface area contributed by atoms with Crippen molar-refractivity contribution in [3.63, 3.8) is 0 Å². The van der Waals surface area contributed by atoms with Crippen LogP contribution in [-0.2, 0) is 14.0 Å². The zero-order valence-corrected chi connectivity index (χ0v) is 8.88. The molecule has 4 heteroatoms. The summed E-state index contributed by atoms with van der Waals surface area (Å²) >= 11 is 0. The van der Waals surface area contributed by atoms with Crippen LogP contribution in [0.2, 0.25) is 0 Å². The summed E-state index contributed by atoms with van der Waals surface area (Å²) < 4.78 is 9.92. The van der Waals surface area contributed by atoms with E-state index in [1.54, 1.807) is 27.7 Å². The van der Waals surface area contributed by atoms with Crippen molar-refractivity contribution in [1.29, 1.82) is 0 Å². The first-order valence-electron chi connectivity index (χ1n) is 4.54. The number of carbonyl (C=O) groups excluding carboxylic acids is 2. The summed E-state index contributed by atoms with van der Waals surface area (Å²) in [5.41, 5.74) is -0.609. The molecule has 0 aromatic rings. The SMILES string of the molecule is CCOC(=O)C1=C(O)C(C)(C)C(C)=[O+]1. The molecule has 1 rings (SSSR count). The van der Waals surface area contributed by atoms with Crippen LogP contribution >= 0.6 is 0 Å². The molecule has 1 N–H and O–H groups in total. The van der Waals surface area contributed by atoms with E-state index in [2.05, 4.69) is 0 Å². The summed E-state index contributed by atoms with van der Waals surface area (Å²) in [5, 5.41) is 9.72. The third-order valence-electron chi connectivity index (χ3n) is 2.40. The Morgan fingerprint density at radius 1 is 1.57 bits per heavy atom. The molecular formula is C10H15O4+. The zero-order chi connectivity index (χ0) is 10.9. The molecule has 78 valence electrons. The molecule has 0 atom stereocenters. The van der Waals surface area contributed by atoms with Crippen LogP contribution in [0.4, 0.5) is 0 Å². The highest BCUT2D eigenvalue weighted by Gasteiger charge is 2.50. The van der Waals surface area contributed by atoms with Gasteiger partial charge >= 0.3 is 17.5 Å². The molecule has 0 aromatic heterocycles. The van der Waals surface area contributed by atoms with E-state index in [-0.39, 0.29) is 18.1 Å². The second-order valence-corrected chi connectivity index (χ2v) is 3.68. The van der Waals surface area contributed by atoms with Crippen LogP contribution in [0.25, 0.3) is 0 Å². The quantitative estimate of drug-likeness (QED) is 0.541. The number of rotatable bonds is 2. The van der Waals surface area contributed by atoms with Gasteiger partial charge < -0.3 is 9.84 Å². The third-order valence-corrected chi connectivity index (χ3v) is 2.40. The summed E-state index contributed by atoms with van der Waals surface area (Å²) in [6, 6.07) is 0. The highest BCUT2D eigenvalue weighted by atomic mass is 16.6. The predicted octanol–water partition coefficient (Wildman–Crippen LogP) is 1.48. The van der Waals surface area contributed by atoms with Gasteiger partial charge in [0.15, 0.2) is 0 Å². The van der Waals surface area contributed by atoms with Crippen LogP contribution in [0.5, 0.6) is 0 Å². The second-order valence-electron chi connectivity index (χ2n) is 3.68. The van der Waals surface area contributed by atoms with Crippen molar-refractivity contribution in [3.05, 3.63) is 11.5 Å². The lowest BCUT2D eigenvalue weighted by Crippen LogP contribution is -2.21. The highest BCUT2D eigenvalue weighted by Crippen LogP contribution is 2.33. The van der Waals surface area contributed by atoms with E-state index < -0.39 is 11.4 Å². The summed E-state index contributed by atoms with van der Waals surface area (Å²) in [4.78, 5) is 11.3. The summed E-state index contributed by atoms with van der Waals surface area (Å²) in [6.45, 7) is 7.25. The minimum absolute atomic E-state index is 0.0616.